The maximum Gasteiger partial charge on any atom is 0.0181 e. The third-order valence-corrected chi connectivity index (χ3v) is 2.99. The van der Waals surface area contributed by atoms with Crippen LogP contribution in [0.1, 0.15) is 11.1 Å². The Hall–Kier alpha value is -1.34. The highest BCUT2D eigenvalue weighted by atomic mass is 79.9. The number of allylic oxidation sites excluding steroid dienone is 1. The van der Waals surface area contributed by atoms with Gasteiger partial charge in [0.05, 0.1) is 0 Å². The SMILES string of the molecule is C=C(Cc1ccccc1)c1cccc(Br)c1. The lowest BCUT2D eigenvalue weighted by Crippen LogP contribution is -1.88. The summed E-state index contributed by atoms with van der Waals surface area (Å²) in [4.78, 5) is 0. The van der Waals surface area contributed by atoms with Crippen LogP contribution in [-0.4, -0.2) is 0 Å². The van der Waals surface area contributed by atoms with Gasteiger partial charge in [0, 0.05) is 4.47 Å². The van der Waals surface area contributed by atoms with Crippen LogP contribution in [0.3, 0.4) is 0 Å². The zero-order chi connectivity index (χ0) is 11.4. The van der Waals surface area contributed by atoms with Gasteiger partial charge in [-0.05, 0) is 35.3 Å². The standard InChI is InChI=1S/C15H13Br/c1-12(10-13-6-3-2-4-7-13)14-8-5-9-15(16)11-14/h2-9,11H,1,10H2. The van der Waals surface area contributed by atoms with Crippen LogP contribution in [0.2, 0.25) is 0 Å². The van der Waals surface area contributed by atoms with Crippen LogP contribution < -0.4 is 0 Å². The average molecular weight is 273 g/mol. The fraction of sp³-hybridized carbons (Fsp3) is 0.0667. The summed E-state index contributed by atoms with van der Waals surface area (Å²) in [6.07, 6.45) is 0.900. The zero-order valence-electron chi connectivity index (χ0n) is 8.99. The fourth-order valence-electron chi connectivity index (χ4n) is 1.65. The minimum Gasteiger partial charge on any atom is -0.0949 e. The predicted molar refractivity (Wildman–Crippen MR) is 73.3 cm³/mol. The van der Waals surface area contributed by atoms with Crippen molar-refractivity contribution < 1.29 is 0 Å². The third-order valence-electron chi connectivity index (χ3n) is 2.49. The number of rotatable bonds is 3. The molecular formula is C15H13Br. The van der Waals surface area contributed by atoms with E-state index in [9.17, 15) is 0 Å². The van der Waals surface area contributed by atoms with Gasteiger partial charge in [0.25, 0.3) is 0 Å². The van der Waals surface area contributed by atoms with Gasteiger partial charge < -0.3 is 0 Å². The van der Waals surface area contributed by atoms with Gasteiger partial charge in [0.2, 0.25) is 0 Å². The van der Waals surface area contributed by atoms with E-state index >= 15 is 0 Å². The van der Waals surface area contributed by atoms with E-state index in [1.165, 1.54) is 11.1 Å². The maximum atomic E-state index is 4.14. The lowest BCUT2D eigenvalue weighted by atomic mass is 10.00. The normalized spacial score (nSPS) is 10.1. The first kappa shape index (κ1) is 11.2. The minimum absolute atomic E-state index is 0.900. The summed E-state index contributed by atoms with van der Waals surface area (Å²) in [7, 11) is 0. The van der Waals surface area contributed by atoms with Crippen molar-refractivity contribution in [1.29, 1.82) is 0 Å². The maximum absolute atomic E-state index is 4.14. The molecule has 0 heterocycles. The highest BCUT2D eigenvalue weighted by molar-refractivity contribution is 9.10. The molecule has 0 fully saturated rings. The van der Waals surface area contributed by atoms with Gasteiger partial charge >= 0.3 is 0 Å². The molecule has 0 unspecified atom stereocenters. The van der Waals surface area contributed by atoms with E-state index in [1.807, 2.05) is 18.2 Å². The smallest absolute Gasteiger partial charge is 0.0181 e. The van der Waals surface area contributed by atoms with Crippen molar-refractivity contribution in [2.24, 2.45) is 0 Å². The molecule has 80 valence electrons. The number of benzene rings is 2. The number of hydrogen-bond acceptors (Lipinski definition) is 0. The van der Waals surface area contributed by atoms with Crippen molar-refractivity contribution in [2.45, 2.75) is 6.42 Å². The van der Waals surface area contributed by atoms with Crippen LogP contribution in [0.15, 0.2) is 65.6 Å². The molecule has 0 saturated heterocycles. The van der Waals surface area contributed by atoms with Gasteiger partial charge in [-0.15, -0.1) is 0 Å². The van der Waals surface area contributed by atoms with E-state index in [2.05, 4.69) is 58.9 Å². The summed E-state index contributed by atoms with van der Waals surface area (Å²) in [5, 5.41) is 0. The Balaban J connectivity index is 2.15. The van der Waals surface area contributed by atoms with Crippen molar-refractivity contribution in [3.05, 3.63) is 76.8 Å². The van der Waals surface area contributed by atoms with Crippen LogP contribution in [0.5, 0.6) is 0 Å². The quantitative estimate of drug-likeness (QED) is 0.760. The monoisotopic (exact) mass is 272 g/mol. The Kier molecular flexibility index (Phi) is 3.58. The second-order valence-corrected chi connectivity index (χ2v) is 4.69. The van der Waals surface area contributed by atoms with Crippen molar-refractivity contribution in [3.63, 3.8) is 0 Å². The van der Waals surface area contributed by atoms with Gasteiger partial charge in [-0.3, -0.25) is 0 Å². The van der Waals surface area contributed by atoms with Crippen LogP contribution in [0, 0.1) is 0 Å². The van der Waals surface area contributed by atoms with E-state index in [0.29, 0.717) is 0 Å². The Bertz CT molecular complexity index is 486. The first-order chi connectivity index (χ1) is 7.75. The molecular weight excluding hydrogens is 260 g/mol. The molecule has 16 heavy (non-hydrogen) atoms. The molecule has 0 radical (unpaired) electrons. The molecule has 0 aromatic heterocycles. The molecule has 0 spiro atoms. The second-order valence-electron chi connectivity index (χ2n) is 3.78. The highest BCUT2D eigenvalue weighted by Gasteiger charge is 2.00. The minimum atomic E-state index is 0.900. The molecule has 0 aliphatic rings. The molecule has 0 bridgehead atoms. The molecule has 0 saturated carbocycles. The molecule has 0 amide bonds. The van der Waals surface area contributed by atoms with Gasteiger partial charge in [-0.1, -0.05) is 65.0 Å². The van der Waals surface area contributed by atoms with E-state index < -0.39 is 0 Å². The van der Waals surface area contributed by atoms with Crippen molar-refractivity contribution in [2.75, 3.05) is 0 Å². The molecule has 0 N–H and O–H groups in total. The van der Waals surface area contributed by atoms with Crippen LogP contribution in [0.4, 0.5) is 0 Å². The van der Waals surface area contributed by atoms with Crippen molar-refractivity contribution in [3.8, 4) is 0 Å². The molecule has 2 rings (SSSR count). The summed E-state index contributed by atoms with van der Waals surface area (Å²) < 4.78 is 1.10. The molecule has 0 atom stereocenters. The second kappa shape index (κ2) is 5.13. The zero-order valence-corrected chi connectivity index (χ0v) is 10.6. The average Bonchev–Trinajstić information content (AvgIpc) is 2.30. The van der Waals surface area contributed by atoms with E-state index in [-0.39, 0.29) is 0 Å². The summed E-state index contributed by atoms with van der Waals surface area (Å²) >= 11 is 3.47. The Morgan fingerprint density at radius 1 is 1.00 bits per heavy atom. The van der Waals surface area contributed by atoms with Crippen LogP contribution >= 0.6 is 15.9 Å². The third kappa shape index (κ3) is 2.83. The Morgan fingerprint density at radius 3 is 2.44 bits per heavy atom. The molecule has 0 aliphatic heterocycles. The topological polar surface area (TPSA) is 0 Å². The van der Waals surface area contributed by atoms with E-state index in [1.54, 1.807) is 0 Å². The van der Waals surface area contributed by atoms with Crippen LogP contribution in [-0.2, 0) is 6.42 Å². The first-order valence-corrected chi connectivity index (χ1v) is 6.02. The molecule has 0 aliphatic carbocycles. The van der Waals surface area contributed by atoms with Gasteiger partial charge in [0.1, 0.15) is 0 Å². The number of hydrogen-bond donors (Lipinski definition) is 0. The van der Waals surface area contributed by atoms with Gasteiger partial charge in [0.15, 0.2) is 0 Å². The van der Waals surface area contributed by atoms with Crippen molar-refractivity contribution in [1.82, 2.24) is 0 Å². The molecule has 1 heteroatoms. The molecule has 2 aromatic rings. The predicted octanol–water partition coefficient (Wildman–Crippen LogP) is 4.71. The largest absolute Gasteiger partial charge is 0.0949 e. The molecule has 2 aromatic carbocycles. The summed E-state index contributed by atoms with van der Waals surface area (Å²) in [6, 6.07) is 18.7. The van der Waals surface area contributed by atoms with E-state index in [4.69, 9.17) is 0 Å². The fourth-order valence-corrected chi connectivity index (χ4v) is 2.05. The lowest BCUT2D eigenvalue weighted by molar-refractivity contribution is 1.28. The summed E-state index contributed by atoms with van der Waals surface area (Å²) in [6.45, 7) is 4.14. The summed E-state index contributed by atoms with van der Waals surface area (Å²) in [5.74, 6) is 0. The molecule has 0 nitrogen and oxygen atoms in total. The van der Waals surface area contributed by atoms with Gasteiger partial charge in [-0.2, -0.15) is 0 Å². The lowest BCUT2D eigenvalue weighted by Gasteiger charge is -2.06. The Morgan fingerprint density at radius 2 is 1.75 bits per heavy atom. The Labute approximate surface area is 105 Å². The highest BCUT2D eigenvalue weighted by Crippen LogP contribution is 2.21. The van der Waals surface area contributed by atoms with Gasteiger partial charge in [-0.25, -0.2) is 0 Å². The van der Waals surface area contributed by atoms with Crippen LogP contribution in [0.25, 0.3) is 5.57 Å². The first-order valence-electron chi connectivity index (χ1n) is 5.23. The van der Waals surface area contributed by atoms with E-state index in [0.717, 1.165) is 16.5 Å². The van der Waals surface area contributed by atoms with Crippen molar-refractivity contribution >= 4 is 21.5 Å². The summed E-state index contributed by atoms with van der Waals surface area (Å²) in [5.41, 5.74) is 3.64. The number of halogens is 1.